The van der Waals surface area contributed by atoms with Gasteiger partial charge in [0.25, 0.3) is 5.91 Å². The molecule has 1 N–H and O–H groups in total. The molecule has 1 saturated carbocycles. The van der Waals surface area contributed by atoms with E-state index in [9.17, 15) is 23.1 Å². The van der Waals surface area contributed by atoms with E-state index >= 15 is 0 Å². The summed E-state index contributed by atoms with van der Waals surface area (Å²) in [6, 6.07) is 10.8. The van der Waals surface area contributed by atoms with Crippen LogP contribution in [0.4, 0.5) is 0 Å². The predicted octanol–water partition coefficient (Wildman–Crippen LogP) is 4.29. The second-order valence-electron chi connectivity index (χ2n) is 8.57. The standard InChI is InChI=1S/C23H23Cl2NO6S/c1-33(30,31)18-9-15(8-17(25)10-18)22-21(14-4-6-16(24)7-5-14)26(12-13-2-3-13)23(29)19(32-22)11-20(27)28/h4-10,13,19,21-22H,2-3,11-12H2,1H3,(H,27,28). The van der Waals surface area contributed by atoms with Crippen LogP contribution in [0, 0.1) is 5.92 Å². The van der Waals surface area contributed by atoms with Crippen molar-refractivity contribution in [1.29, 1.82) is 0 Å². The first kappa shape index (κ1) is 24.0. The van der Waals surface area contributed by atoms with E-state index in [0.29, 0.717) is 23.0 Å². The topological polar surface area (TPSA) is 101 Å². The van der Waals surface area contributed by atoms with Crippen LogP contribution in [0.15, 0.2) is 47.4 Å². The second kappa shape index (κ2) is 9.25. The monoisotopic (exact) mass is 511 g/mol. The summed E-state index contributed by atoms with van der Waals surface area (Å²) < 4.78 is 30.6. The Hall–Kier alpha value is -2.13. The molecule has 3 unspecified atom stereocenters. The third-order valence-electron chi connectivity index (χ3n) is 5.87. The molecule has 2 fully saturated rings. The van der Waals surface area contributed by atoms with Gasteiger partial charge < -0.3 is 14.7 Å². The van der Waals surface area contributed by atoms with Crippen molar-refractivity contribution in [3.8, 4) is 0 Å². The average molecular weight is 512 g/mol. The molecule has 1 amide bonds. The molecule has 0 bridgehead atoms. The highest BCUT2D eigenvalue weighted by Crippen LogP contribution is 2.45. The fraction of sp³-hybridized carbons (Fsp3) is 0.391. The molecule has 3 atom stereocenters. The molecular formula is C23H23Cl2NO6S. The number of carboxylic acid groups (broad SMARTS) is 1. The van der Waals surface area contributed by atoms with Crippen molar-refractivity contribution in [1.82, 2.24) is 4.90 Å². The molecule has 2 aliphatic rings. The number of carbonyl (C=O) groups is 2. The summed E-state index contributed by atoms with van der Waals surface area (Å²) in [5, 5.41) is 10.1. The number of aliphatic carboxylic acids is 1. The van der Waals surface area contributed by atoms with Crippen LogP contribution < -0.4 is 0 Å². The zero-order chi connectivity index (χ0) is 23.9. The van der Waals surface area contributed by atoms with Gasteiger partial charge in [-0.2, -0.15) is 0 Å². The number of rotatable bonds is 7. The van der Waals surface area contributed by atoms with Gasteiger partial charge in [-0.15, -0.1) is 0 Å². The van der Waals surface area contributed by atoms with E-state index in [-0.39, 0.29) is 9.92 Å². The van der Waals surface area contributed by atoms with Crippen LogP contribution in [0.3, 0.4) is 0 Å². The van der Waals surface area contributed by atoms with Crippen molar-refractivity contribution in [3.05, 3.63) is 63.6 Å². The van der Waals surface area contributed by atoms with Crippen molar-refractivity contribution < 1.29 is 27.9 Å². The Balaban J connectivity index is 1.86. The molecule has 4 rings (SSSR count). The van der Waals surface area contributed by atoms with Gasteiger partial charge in [0.2, 0.25) is 0 Å². The SMILES string of the molecule is CS(=O)(=O)c1cc(Cl)cc(C2OC(CC(=O)O)C(=O)N(CC3CC3)C2c2ccc(Cl)cc2)c1. The Morgan fingerprint density at radius 2 is 1.76 bits per heavy atom. The molecule has 176 valence electrons. The van der Waals surface area contributed by atoms with Crippen LogP contribution in [0.1, 0.15) is 42.5 Å². The highest BCUT2D eigenvalue weighted by Gasteiger charge is 2.46. The first-order valence-corrected chi connectivity index (χ1v) is 13.1. The number of hydrogen-bond acceptors (Lipinski definition) is 5. The molecule has 1 heterocycles. The Morgan fingerprint density at radius 3 is 2.33 bits per heavy atom. The van der Waals surface area contributed by atoms with Crippen molar-refractivity contribution in [2.45, 2.75) is 42.4 Å². The number of hydrogen-bond donors (Lipinski definition) is 1. The van der Waals surface area contributed by atoms with Crippen molar-refractivity contribution >= 4 is 44.9 Å². The molecule has 1 aliphatic heterocycles. The summed E-state index contributed by atoms with van der Waals surface area (Å²) in [6.45, 7) is 0.460. The van der Waals surface area contributed by atoms with Gasteiger partial charge in [0.05, 0.1) is 17.4 Å². The lowest BCUT2D eigenvalue weighted by Crippen LogP contribution is -2.52. The quantitative estimate of drug-likeness (QED) is 0.594. The molecular weight excluding hydrogens is 489 g/mol. The van der Waals surface area contributed by atoms with E-state index in [0.717, 1.165) is 24.7 Å². The van der Waals surface area contributed by atoms with E-state index in [2.05, 4.69) is 0 Å². The Bertz CT molecular complexity index is 1180. The number of nitrogens with zero attached hydrogens (tertiary/aromatic N) is 1. The zero-order valence-corrected chi connectivity index (χ0v) is 20.1. The van der Waals surface area contributed by atoms with Crippen molar-refractivity contribution in [3.63, 3.8) is 0 Å². The van der Waals surface area contributed by atoms with Gasteiger partial charge in [0.15, 0.2) is 9.84 Å². The number of benzene rings is 2. The minimum absolute atomic E-state index is 0.0175. The summed E-state index contributed by atoms with van der Waals surface area (Å²) in [6.07, 6.45) is 0.533. The lowest BCUT2D eigenvalue weighted by molar-refractivity contribution is -0.179. The maximum atomic E-state index is 13.3. The van der Waals surface area contributed by atoms with E-state index in [1.165, 1.54) is 12.1 Å². The maximum absolute atomic E-state index is 13.3. The largest absolute Gasteiger partial charge is 0.481 e. The normalized spacial score (nSPS) is 23.5. The molecule has 0 radical (unpaired) electrons. The molecule has 0 aromatic heterocycles. The highest BCUT2D eigenvalue weighted by atomic mass is 35.5. The second-order valence-corrected chi connectivity index (χ2v) is 11.5. The van der Waals surface area contributed by atoms with Crippen LogP contribution >= 0.6 is 23.2 Å². The van der Waals surface area contributed by atoms with Gasteiger partial charge >= 0.3 is 5.97 Å². The fourth-order valence-corrected chi connectivity index (χ4v) is 5.23. The average Bonchev–Trinajstić information content (AvgIpc) is 3.54. The first-order chi connectivity index (χ1) is 15.5. The van der Waals surface area contributed by atoms with Gasteiger partial charge in [-0.25, -0.2) is 8.42 Å². The molecule has 33 heavy (non-hydrogen) atoms. The molecule has 1 aliphatic carbocycles. The van der Waals surface area contributed by atoms with Crippen LogP contribution in [0.5, 0.6) is 0 Å². The number of carboxylic acids is 1. The summed E-state index contributed by atoms with van der Waals surface area (Å²) in [5.74, 6) is -1.23. The number of ether oxygens (including phenoxy) is 1. The van der Waals surface area contributed by atoms with Crippen molar-refractivity contribution in [2.75, 3.05) is 12.8 Å². The van der Waals surface area contributed by atoms with Gasteiger partial charge in [-0.1, -0.05) is 35.3 Å². The molecule has 2 aromatic carbocycles. The summed E-state index contributed by atoms with van der Waals surface area (Å²) >= 11 is 12.3. The minimum Gasteiger partial charge on any atom is -0.481 e. The first-order valence-electron chi connectivity index (χ1n) is 10.5. The third kappa shape index (κ3) is 5.51. The smallest absolute Gasteiger partial charge is 0.306 e. The van der Waals surface area contributed by atoms with E-state index in [1.54, 1.807) is 35.2 Å². The van der Waals surface area contributed by atoms with Crippen LogP contribution in [0.2, 0.25) is 10.0 Å². The summed E-state index contributed by atoms with van der Waals surface area (Å²) in [4.78, 5) is 26.5. The number of sulfone groups is 1. The zero-order valence-electron chi connectivity index (χ0n) is 17.8. The highest BCUT2D eigenvalue weighted by molar-refractivity contribution is 7.90. The van der Waals surface area contributed by atoms with Crippen LogP contribution in [-0.4, -0.2) is 49.2 Å². The summed E-state index contributed by atoms with van der Waals surface area (Å²) in [7, 11) is -3.57. The van der Waals surface area contributed by atoms with Gasteiger partial charge in [-0.05, 0) is 60.2 Å². The van der Waals surface area contributed by atoms with Crippen LogP contribution in [-0.2, 0) is 24.2 Å². The van der Waals surface area contributed by atoms with Crippen molar-refractivity contribution in [2.24, 2.45) is 5.92 Å². The van der Waals surface area contributed by atoms with E-state index < -0.39 is 46.4 Å². The number of halogens is 2. The van der Waals surface area contributed by atoms with Crippen LogP contribution in [0.25, 0.3) is 0 Å². The van der Waals surface area contributed by atoms with E-state index in [1.807, 2.05) is 0 Å². The lowest BCUT2D eigenvalue weighted by atomic mass is 9.91. The third-order valence-corrected chi connectivity index (χ3v) is 7.43. The Morgan fingerprint density at radius 1 is 1.09 bits per heavy atom. The summed E-state index contributed by atoms with van der Waals surface area (Å²) in [5.41, 5.74) is 1.19. The molecule has 2 aromatic rings. The maximum Gasteiger partial charge on any atom is 0.306 e. The minimum atomic E-state index is -3.57. The van der Waals surface area contributed by atoms with E-state index in [4.69, 9.17) is 27.9 Å². The predicted molar refractivity (Wildman–Crippen MR) is 123 cm³/mol. The number of carbonyl (C=O) groups excluding carboxylic acids is 1. The Labute approximate surface area is 202 Å². The fourth-order valence-electron chi connectivity index (χ4n) is 4.11. The number of morpholine rings is 1. The molecule has 7 nitrogen and oxygen atoms in total. The Kier molecular flexibility index (Phi) is 6.73. The van der Waals surface area contributed by atoms with Gasteiger partial charge in [0.1, 0.15) is 12.2 Å². The van der Waals surface area contributed by atoms with Gasteiger partial charge in [-0.3, -0.25) is 9.59 Å². The molecule has 0 spiro atoms. The van der Waals surface area contributed by atoms with Gasteiger partial charge in [0, 0.05) is 22.8 Å². The molecule has 1 saturated heterocycles. The molecule has 10 heteroatoms. The lowest BCUT2D eigenvalue weighted by Gasteiger charge is -2.45. The number of amides is 1.